The Bertz CT molecular complexity index is 217. The van der Waals surface area contributed by atoms with E-state index < -0.39 is 0 Å². The van der Waals surface area contributed by atoms with Gasteiger partial charge in [-0.2, -0.15) is 0 Å². The SMILES string of the molecule is CC#CCCC(CC1CCCC1)NCCC. The van der Waals surface area contributed by atoms with Gasteiger partial charge in [-0.05, 0) is 38.6 Å². The molecule has 1 aliphatic carbocycles. The molecule has 1 nitrogen and oxygen atoms in total. The van der Waals surface area contributed by atoms with Crippen LogP contribution in [0.15, 0.2) is 0 Å². The average Bonchev–Trinajstić information content (AvgIpc) is 2.78. The van der Waals surface area contributed by atoms with E-state index in [4.69, 9.17) is 0 Å². The molecule has 0 aromatic carbocycles. The van der Waals surface area contributed by atoms with Crippen LogP contribution in [0.5, 0.6) is 0 Å². The fourth-order valence-electron chi connectivity index (χ4n) is 2.67. The van der Waals surface area contributed by atoms with Crippen molar-refractivity contribution in [2.24, 2.45) is 5.92 Å². The normalized spacial score (nSPS) is 18.1. The molecule has 1 fully saturated rings. The highest BCUT2D eigenvalue weighted by Crippen LogP contribution is 2.29. The lowest BCUT2D eigenvalue weighted by molar-refractivity contribution is 0.373. The molecule has 0 bridgehead atoms. The largest absolute Gasteiger partial charge is 0.314 e. The maximum Gasteiger partial charge on any atom is 0.0103 e. The zero-order valence-electron chi connectivity index (χ0n) is 11.0. The van der Waals surface area contributed by atoms with Gasteiger partial charge in [-0.25, -0.2) is 0 Å². The minimum Gasteiger partial charge on any atom is -0.314 e. The second-order valence-electron chi connectivity index (χ2n) is 5.00. The van der Waals surface area contributed by atoms with E-state index in [1.54, 1.807) is 0 Å². The molecule has 0 aromatic heterocycles. The van der Waals surface area contributed by atoms with Gasteiger partial charge in [0.2, 0.25) is 0 Å². The summed E-state index contributed by atoms with van der Waals surface area (Å²) in [4.78, 5) is 0. The summed E-state index contributed by atoms with van der Waals surface area (Å²) in [6.45, 7) is 5.34. The lowest BCUT2D eigenvalue weighted by Gasteiger charge is -2.21. The van der Waals surface area contributed by atoms with Crippen LogP contribution in [-0.2, 0) is 0 Å². The number of hydrogen-bond acceptors (Lipinski definition) is 1. The smallest absolute Gasteiger partial charge is 0.0103 e. The van der Waals surface area contributed by atoms with Crippen molar-refractivity contribution in [2.45, 2.75) is 71.3 Å². The first kappa shape index (κ1) is 13.6. The molecule has 1 unspecified atom stereocenters. The number of rotatable bonds is 7. The molecular weight excluding hydrogens is 194 g/mol. The predicted molar refractivity (Wildman–Crippen MR) is 71.3 cm³/mol. The Morgan fingerprint density at radius 3 is 2.69 bits per heavy atom. The first-order valence-corrected chi connectivity index (χ1v) is 6.99. The van der Waals surface area contributed by atoms with Crippen molar-refractivity contribution in [3.63, 3.8) is 0 Å². The van der Waals surface area contributed by atoms with E-state index in [0.29, 0.717) is 6.04 Å². The van der Waals surface area contributed by atoms with Gasteiger partial charge >= 0.3 is 0 Å². The topological polar surface area (TPSA) is 12.0 Å². The molecule has 0 amide bonds. The van der Waals surface area contributed by atoms with E-state index in [1.807, 2.05) is 6.92 Å². The molecule has 1 N–H and O–H groups in total. The van der Waals surface area contributed by atoms with E-state index in [0.717, 1.165) is 18.9 Å². The van der Waals surface area contributed by atoms with Crippen molar-refractivity contribution >= 4 is 0 Å². The summed E-state index contributed by atoms with van der Waals surface area (Å²) < 4.78 is 0. The van der Waals surface area contributed by atoms with Crippen molar-refractivity contribution in [1.82, 2.24) is 5.32 Å². The van der Waals surface area contributed by atoms with Crippen LogP contribution < -0.4 is 5.32 Å². The zero-order chi connectivity index (χ0) is 11.6. The Kier molecular flexibility index (Phi) is 7.34. The Balaban J connectivity index is 2.25. The maximum absolute atomic E-state index is 3.69. The molecule has 16 heavy (non-hydrogen) atoms. The third-order valence-electron chi connectivity index (χ3n) is 3.57. The third kappa shape index (κ3) is 5.56. The second-order valence-corrected chi connectivity index (χ2v) is 5.00. The lowest BCUT2D eigenvalue weighted by Crippen LogP contribution is -2.31. The first-order valence-electron chi connectivity index (χ1n) is 6.99. The van der Waals surface area contributed by atoms with Gasteiger partial charge in [0.25, 0.3) is 0 Å². The highest BCUT2D eigenvalue weighted by atomic mass is 14.9. The highest BCUT2D eigenvalue weighted by Gasteiger charge is 2.19. The third-order valence-corrected chi connectivity index (χ3v) is 3.57. The van der Waals surface area contributed by atoms with Gasteiger partial charge < -0.3 is 5.32 Å². The van der Waals surface area contributed by atoms with E-state index in [1.165, 1.54) is 44.9 Å². The van der Waals surface area contributed by atoms with Crippen LogP contribution >= 0.6 is 0 Å². The van der Waals surface area contributed by atoms with E-state index >= 15 is 0 Å². The number of hydrogen-bond donors (Lipinski definition) is 1. The quantitative estimate of drug-likeness (QED) is 0.646. The summed E-state index contributed by atoms with van der Waals surface area (Å²) in [6.07, 6.45) is 10.8. The standard InChI is InChI=1S/C15H27N/c1-3-5-6-11-15(16-12-4-2)13-14-9-7-8-10-14/h14-16H,4,6-13H2,1-2H3. The lowest BCUT2D eigenvalue weighted by atomic mass is 9.95. The minimum absolute atomic E-state index is 0.712. The van der Waals surface area contributed by atoms with E-state index in [-0.39, 0.29) is 0 Å². The van der Waals surface area contributed by atoms with E-state index in [2.05, 4.69) is 24.1 Å². The van der Waals surface area contributed by atoms with Crippen LogP contribution in [-0.4, -0.2) is 12.6 Å². The monoisotopic (exact) mass is 221 g/mol. The molecule has 0 heterocycles. The summed E-state index contributed by atoms with van der Waals surface area (Å²) >= 11 is 0. The predicted octanol–water partition coefficient (Wildman–Crippen LogP) is 3.74. The fourth-order valence-corrected chi connectivity index (χ4v) is 2.67. The van der Waals surface area contributed by atoms with Gasteiger partial charge in [-0.1, -0.05) is 32.6 Å². The van der Waals surface area contributed by atoms with Gasteiger partial charge in [0.05, 0.1) is 0 Å². The Labute approximate surface area is 101 Å². The second kappa shape index (κ2) is 8.65. The molecule has 0 aromatic rings. The Morgan fingerprint density at radius 1 is 1.31 bits per heavy atom. The van der Waals surface area contributed by atoms with Gasteiger partial charge in [0, 0.05) is 12.5 Å². The summed E-state index contributed by atoms with van der Waals surface area (Å²) in [7, 11) is 0. The first-order chi connectivity index (χ1) is 7.86. The Hall–Kier alpha value is -0.480. The molecule has 1 heteroatoms. The molecule has 0 radical (unpaired) electrons. The van der Waals surface area contributed by atoms with Crippen LogP contribution in [0.25, 0.3) is 0 Å². The summed E-state index contributed by atoms with van der Waals surface area (Å²) in [5.41, 5.74) is 0. The van der Waals surface area contributed by atoms with Gasteiger partial charge in [-0.3, -0.25) is 0 Å². The van der Waals surface area contributed by atoms with Crippen LogP contribution in [0.3, 0.4) is 0 Å². The van der Waals surface area contributed by atoms with Crippen molar-refractivity contribution < 1.29 is 0 Å². The van der Waals surface area contributed by atoms with Crippen LogP contribution in [0.4, 0.5) is 0 Å². The highest BCUT2D eigenvalue weighted by molar-refractivity contribution is 4.95. The van der Waals surface area contributed by atoms with Crippen LogP contribution in [0.1, 0.15) is 65.2 Å². The van der Waals surface area contributed by atoms with Crippen molar-refractivity contribution in [1.29, 1.82) is 0 Å². The molecule has 0 saturated heterocycles. The van der Waals surface area contributed by atoms with Crippen LogP contribution in [0.2, 0.25) is 0 Å². The van der Waals surface area contributed by atoms with Gasteiger partial charge in [-0.15, -0.1) is 11.8 Å². The summed E-state index contributed by atoms with van der Waals surface area (Å²) in [6, 6.07) is 0.712. The number of nitrogens with one attached hydrogen (secondary N) is 1. The fraction of sp³-hybridized carbons (Fsp3) is 0.867. The van der Waals surface area contributed by atoms with Gasteiger partial charge in [0.15, 0.2) is 0 Å². The average molecular weight is 221 g/mol. The molecule has 1 saturated carbocycles. The molecule has 92 valence electrons. The van der Waals surface area contributed by atoms with E-state index in [9.17, 15) is 0 Å². The van der Waals surface area contributed by atoms with Gasteiger partial charge in [0.1, 0.15) is 0 Å². The molecule has 1 rings (SSSR count). The van der Waals surface area contributed by atoms with Crippen LogP contribution in [0, 0.1) is 17.8 Å². The summed E-state index contributed by atoms with van der Waals surface area (Å²) in [5, 5.41) is 3.69. The molecule has 0 spiro atoms. The van der Waals surface area contributed by atoms with Crippen molar-refractivity contribution in [3.05, 3.63) is 0 Å². The molecular formula is C15H27N. The molecule has 0 aliphatic heterocycles. The zero-order valence-corrected chi connectivity index (χ0v) is 11.0. The minimum atomic E-state index is 0.712. The molecule has 1 atom stereocenters. The van der Waals surface area contributed by atoms with Crippen molar-refractivity contribution in [3.8, 4) is 11.8 Å². The Morgan fingerprint density at radius 2 is 2.06 bits per heavy atom. The summed E-state index contributed by atoms with van der Waals surface area (Å²) in [5.74, 6) is 7.17. The molecule has 1 aliphatic rings. The van der Waals surface area contributed by atoms with Crippen molar-refractivity contribution in [2.75, 3.05) is 6.54 Å². The maximum atomic E-state index is 3.69.